The first kappa shape index (κ1) is 14.6. The number of aromatic nitrogens is 1. The Balaban J connectivity index is 1.76. The zero-order valence-corrected chi connectivity index (χ0v) is 13.4. The Kier molecular flexibility index (Phi) is 4.05. The van der Waals surface area contributed by atoms with Gasteiger partial charge in [0.25, 0.3) is 0 Å². The maximum absolute atomic E-state index is 5.85. The molecule has 0 atom stereocenters. The summed E-state index contributed by atoms with van der Waals surface area (Å²) < 4.78 is 8.09. The topological polar surface area (TPSA) is 26.2 Å². The molecule has 2 aromatic rings. The summed E-state index contributed by atoms with van der Waals surface area (Å²) in [5.41, 5.74) is 2.76. The maximum atomic E-state index is 5.85. The third-order valence-electron chi connectivity index (χ3n) is 3.96. The molecule has 0 radical (unpaired) electrons. The summed E-state index contributed by atoms with van der Waals surface area (Å²) >= 11 is 0. The van der Waals surface area contributed by atoms with Crippen molar-refractivity contribution in [1.82, 2.24) is 9.88 Å². The summed E-state index contributed by atoms with van der Waals surface area (Å²) in [4.78, 5) is 0. The molecule has 0 saturated heterocycles. The number of rotatable bonds is 6. The average molecular weight is 286 g/mol. The summed E-state index contributed by atoms with van der Waals surface area (Å²) in [7, 11) is 0. The van der Waals surface area contributed by atoms with Crippen LogP contribution in [0.2, 0.25) is 0 Å². The average Bonchev–Trinajstić information content (AvgIpc) is 3.15. The van der Waals surface area contributed by atoms with Crippen molar-refractivity contribution in [2.24, 2.45) is 5.92 Å². The summed E-state index contributed by atoms with van der Waals surface area (Å²) in [6.07, 6.45) is 4.82. The van der Waals surface area contributed by atoms with Crippen molar-refractivity contribution >= 4 is 10.9 Å². The van der Waals surface area contributed by atoms with Crippen LogP contribution in [0.25, 0.3) is 10.9 Å². The Morgan fingerprint density at radius 3 is 2.76 bits per heavy atom. The van der Waals surface area contributed by atoms with Crippen LogP contribution in [0.4, 0.5) is 0 Å². The highest BCUT2D eigenvalue weighted by molar-refractivity contribution is 5.83. The lowest BCUT2D eigenvalue weighted by atomic mass is 10.1. The molecule has 0 unspecified atom stereocenters. The highest BCUT2D eigenvalue weighted by Gasteiger charge is 2.21. The Morgan fingerprint density at radius 2 is 2.05 bits per heavy atom. The lowest BCUT2D eigenvalue weighted by molar-refractivity contribution is 0.0717. The van der Waals surface area contributed by atoms with Gasteiger partial charge in [0, 0.05) is 18.3 Å². The van der Waals surface area contributed by atoms with Gasteiger partial charge in [0.1, 0.15) is 6.73 Å². The SMILES string of the molecule is CC(C)(C)NCc1cccc2ccn(COCC3CC3)c12. The first-order valence-electron chi connectivity index (χ1n) is 7.92. The van der Waals surface area contributed by atoms with Crippen molar-refractivity contribution in [1.29, 1.82) is 0 Å². The van der Waals surface area contributed by atoms with Crippen LogP contribution in [-0.2, 0) is 18.0 Å². The molecular formula is C18H26N2O. The van der Waals surface area contributed by atoms with Crippen molar-refractivity contribution in [2.45, 2.75) is 52.4 Å². The Morgan fingerprint density at radius 1 is 1.24 bits per heavy atom. The van der Waals surface area contributed by atoms with E-state index in [-0.39, 0.29) is 5.54 Å². The molecule has 1 N–H and O–H groups in total. The van der Waals surface area contributed by atoms with Gasteiger partial charge < -0.3 is 14.6 Å². The predicted molar refractivity (Wildman–Crippen MR) is 87.2 cm³/mol. The third kappa shape index (κ3) is 3.86. The highest BCUT2D eigenvalue weighted by Crippen LogP contribution is 2.29. The predicted octanol–water partition coefficient (Wildman–Crippen LogP) is 3.91. The van der Waals surface area contributed by atoms with E-state index in [0.29, 0.717) is 6.73 Å². The second-order valence-electron chi connectivity index (χ2n) is 7.19. The van der Waals surface area contributed by atoms with Gasteiger partial charge in [0.2, 0.25) is 0 Å². The van der Waals surface area contributed by atoms with Gasteiger partial charge in [-0.1, -0.05) is 18.2 Å². The number of para-hydroxylation sites is 1. The summed E-state index contributed by atoms with van der Waals surface area (Å²) in [6.45, 7) is 9.04. The van der Waals surface area contributed by atoms with Gasteiger partial charge >= 0.3 is 0 Å². The molecule has 1 saturated carbocycles. The monoisotopic (exact) mass is 286 g/mol. The molecule has 3 nitrogen and oxygen atoms in total. The Labute approximate surface area is 127 Å². The van der Waals surface area contributed by atoms with Crippen molar-refractivity contribution < 1.29 is 4.74 Å². The number of hydrogen-bond donors (Lipinski definition) is 1. The molecule has 1 aromatic carbocycles. The molecule has 0 bridgehead atoms. The summed E-state index contributed by atoms with van der Waals surface area (Å²) in [5.74, 6) is 0.814. The van der Waals surface area contributed by atoms with E-state index < -0.39 is 0 Å². The van der Waals surface area contributed by atoms with Gasteiger partial charge in [0.05, 0.1) is 12.1 Å². The number of nitrogens with zero attached hydrogens (tertiary/aromatic N) is 1. The van der Waals surface area contributed by atoms with Crippen LogP contribution >= 0.6 is 0 Å². The van der Waals surface area contributed by atoms with E-state index in [0.717, 1.165) is 19.1 Å². The smallest absolute Gasteiger partial charge is 0.122 e. The van der Waals surface area contributed by atoms with Crippen molar-refractivity contribution in [3.05, 3.63) is 36.0 Å². The van der Waals surface area contributed by atoms with Gasteiger partial charge in [-0.05, 0) is 56.5 Å². The van der Waals surface area contributed by atoms with E-state index in [1.165, 1.54) is 29.3 Å². The number of ether oxygens (including phenoxy) is 1. The van der Waals surface area contributed by atoms with E-state index in [2.05, 4.69) is 61.1 Å². The van der Waals surface area contributed by atoms with Crippen molar-refractivity contribution in [3.8, 4) is 0 Å². The van der Waals surface area contributed by atoms with Crippen LogP contribution in [0.15, 0.2) is 30.5 Å². The van der Waals surface area contributed by atoms with E-state index >= 15 is 0 Å². The van der Waals surface area contributed by atoms with Gasteiger partial charge in [-0.3, -0.25) is 0 Å². The maximum Gasteiger partial charge on any atom is 0.122 e. The molecule has 1 aromatic heterocycles. The lowest BCUT2D eigenvalue weighted by Gasteiger charge is -2.21. The minimum atomic E-state index is 0.127. The zero-order chi connectivity index (χ0) is 14.9. The van der Waals surface area contributed by atoms with Crippen LogP contribution in [-0.4, -0.2) is 16.7 Å². The van der Waals surface area contributed by atoms with Crippen molar-refractivity contribution in [3.63, 3.8) is 0 Å². The number of fused-ring (bicyclic) bond motifs is 1. The highest BCUT2D eigenvalue weighted by atomic mass is 16.5. The zero-order valence-electron chi connectivity index (χ0n) is 13.4. The Bertz CT molecular complexity index is 605. The van der Waals surface area contributed by atoms with Crippen LogP contribution in [0.5, 0.6) is 0 Å². The third-order valence-corrected chi connectivity index (χ3v) is 3.96. The molecule has 1 heterocycles. The second kappa shape index (κ2) is 5.82. The Hall–Kier alpha value is -1.32. The van der Waals surface area contributed by atoms with Gasteiger partial charge in [-0.15, -0.1) is 0 Å². The van der Waals surface area contributed by atoms with Gasteiger partial charge in [-0.25, -0.2) is 0 Å². The largest absolute Gasteiger partial charge is 0.360 e. The first-order valence-corrected chi connectivity index (χ1v) is 7.92. The standard InChI is InChI=1S/C18H26N2O/c1-18(2,3)19-11-16-6-4-5-15-9-10-20(17(15)16)13-21-12-14-7-8-14/h4-6,9-10,14,19H,7-8,11-13H2,1-3H3. The second-order valence-corrected chi connectivity index (χ2v) is 7.19. The van der Waals surface area contributed by atoms with Crippen LogP contribution in [0.1, 0.15) is 39.2 Å². The van der Waals surface area contributed by atoms with Gasteiger partial charge in [0.15, 0.2) is 0 Å². The van der Waals surface area contributed by atoms with E-state index in [4.69, 9.17) is 4.74 Å². The number of hydrogen-bond acceptors (Lipinski definition) is 2. The fourth-order valence-electron chi connectivity index (χ4n) is 2.55. The number of nitrogens with one attached hydrogen (secondary N) is 1. The quantitative estimate of drug-likeness (QED) is 0.871. The molecule has 0 amide bonds. The molecule has 114 valence electrons. The molecule has 1 aliphatic rings. The van der Waals surface area contributed by atoms with Crippen LogP contribution in [0, 0.1) is 5.92 Å². The molecule has 0 aliphatic heterocycles. The molecule has 0 spiro atoms. The molecule has 3 heteroatoms. The summed E-state index contributed by atoms with van der Waals surface area (Å²) in [6, 6.07) is 8.69. The molecule has 21 heavy (non-hydrogen) atoms. The van der Waals surface area contributed by atoms with Crippen LogP contribution in [0.3, 0.4) is 0 Å². The number of benzene rings is 1. The first-order chi connectivity index (χ1) is 10.0. The minimum Gasteiger partial charge on any atom is -0.360 e. The molecule has 1 aliphatic carbocycles. The fraction of sp³-hybridized carbons (Fsp3) is 0.556. The van der Waals surface area contributed by atoms with E-state index in [9.17, 15) is 0 Å². The molecular weight excluding hydrogens is 260 g/mol. The minimum absolute atomic E-state index is 0.127. The molecule has 3 rings (SSSR count). The van der Waals surface area contributed by atoms with Gasteiger partial charge in [-0.2, -0.15) is 0 Å². The normalized spacial score (nSPS) is 15.8. The molecule has 1 fully saturated rings. The summed E-state index contributed by atoms with van der Waals surface area (Å²) in [5, 5.41) is 4.87. The fourth-order valence-corrected chi connectivity index (χ4v) is 2.55. The van der Waals surface area contributed by atoms with Crippen molar-refractivity contribution in [2.75, 3.05) is 6.61 Å². The van der Waals surface area contributed by atoms with Crippen LogP contribution < -0.4 is 5.32 Å². The lowest BCUT2D eigenvalue weighted by Crippen LogP contribution is -2.35. The van der Waals surface area contributed by atoms with E-state index in [1.54, 1.807) is 0 Å². The van der Waals surface area contributed by atoms with E-state index in [1.807, 2.05) is 0 Å².